The Hall–Kier alpha value is -1.83. The summed E-state index contributed by atoms with van der Waals surface area (Å²) >= 11 is 15.2. The Labute approximate surface area is 162 Å². The minimum atomic E-state index is -0.929. The van der Waals surface area contributed by atoms with E-state index in [1.807, 2.05) is 0 Å². The number of likely N-dealkylation sites (N-methyl/N-ethyl adjacent to an activating group) is 1. The van der Waals surface area contributed by atoms with Gasteiger partial charge >= 0.3 is 0 Å². The van der Waals surface area contributed by atoms with E-state index in [2.05, 4.69) is 21.2 Å². The highest BCUT2D eigenvalue weighted by molar-refractivity contribution is 9.10. The fourth-order valence-electron chi connectivity index (χ4n) is 2.20. The van der Waals surface area contributed by atoms with E-state index in [1.54, 1.807) is 18.2 Å². The molecular weight excluding hydrogens is 436 g/mol. The number of hydrogen-bond acceptors (Lipinski definition) is 3. The summed E-state index contributed by atoms with van der Waals surface area (Å²) < 4.78 is 14.4. The van der Waals surface area contributed by atoms with Gasteiger partial charge < -0.3 is 16.0 Å². The lowest BCUT2D eigenvalue weighted by atomic mass is 10.1. The van der Waals surface area contributed by atoms with E-state index in [9.17, 15) is 14.0 Å². The van der Waals surface area contributed by atoms with Gasteiger partial charge in [0.25, 0.3) is 5.91 Å². The molecule has 2 aromatic carbocycles. The number of rotatable bonds is 5. The second-order valence-corrected chi connectivity index (χ2v) is 6.88. The molecule has 9 heteroatoms. The van der Waals surface area contributed by atoms with Crippen LogP contribution < -0.4 is 16.0 Å². The number of nitrogens with two attached hydrogens (primary N) is 1. The minimum Gasteiger partial charge on any atom is -0.365 e. The van der Waals surface area contributed by atoms with Crippen LogP contribution in [-0.4, -0.2) is 25.4 Å². The van der Waals surface area contributed by atoms with Crippen molar-refractivity contribution in [3.8, 4) is 0 Å². The van der Waals surface area contributed by atoms with Crippen LogP contribution in [0.2, 0.25) is 10.0 Å². The first-order valence-electron chi connectivity index (χ1n) is 6.94. The molecule has 0 aliphatic heterocycles. The summed E-state index contributed by atoms with van der Waals surface area (Å²) in [6.07, 6.45) is 0. The van der Waals surface area contributed by atoms with Gasteiger partial charge in [-0.1, -0.05) is 45.2 Å². The molecule has 0 radical (unpaired) electrons. The summed E-state index contributed by atoms with van der Waals surface area (Å²) in [5.74, 6) is -2.16. The van der Waals surface area contributed by atoms with Crippen LogP contribution in [0.1, 0.15) is 10.4 Å². The van der Waals surface area contributed by atoms with Crippen LogP contribution in [0, 0.1) is 5.82 Å². The first kappa shape index (κ1) is 19.5. The highest BCUT2D eigenvalue weighted by Gasteiger charge is 2.20. The SMILES string of the molecule is CN(CC(=O)Nc1c(Cl)cccc1Cl)c1cc(Br)cc(F)c1C(N)=O. The van der Waals surface area contributed by atoms with E-state index in [0.29, 0.717) is 4.47 Å². The summed E-state index contributed by atoms with van der Waals surface area (Å²) in [6.45, 7) is -0.183. The number of benzene rings is 2. The van der Waals surface area contributed by atoms with Gasteiger partial charge in [-0.05, 0) is 24.3 Å². The minimum absolute atomic E-state index is 0.180. The zero-order valence-corrected chi connectivity index (χ0v) is 16.0. The van der Waals surface area contributed by atoms with E-state index in [1.165, 1.54) is 18.0 Å². The van der Waals surface area contributed by atoms with Crippen molar-refractivity contribution < 1.29 is 14.0 Å². The molecule has 5 nitrogen and oxygen atoms in total. The molecule has 0 bridgehead atoms. The van der Waals surface area contributed by atoms with Crippen molar-refractivity contribution in [1.29, 1.82) is 0 Å². The summed E-state index contributed by atoms with van der Waals surface area (Å²) in [4.78, 5) is 25.2. The van der Waals surface area contributed by atoms with Crippen LogP contribution >= 0.6 is 39.1 Å². The lowest BCUT2D eigenvalue weighted by Gasteiger charge is -2.22. The molecule has 0 aromatic heterocycles. The molecular formula is C16H13BrCl2FN3O2. The Balaban J connectivity index is 2.24. The zero-order chi connectivity index (χ0) is 18.7. The van der Waals surface area contributed by atoms with E-state index < -0.39 is 17.6 Å². The number of carbonyl (C=O) groups excluding carboxylic acids is 2. The largest absolute Gasteiger partial charge is 0.365 e. The average Bonchev–Trinajstić information content (AvgIpc) is 2.49. The highest BCUT2D eigenvalue weighted by Crippen LogP contribution is 2.30. The third-order valence-electron chi connectivity index (χ3n) is 3.30. The van der Waals surface area contributed by atoms with Crippen molar-refractivity contribution in [3.63, 3.8) is 0 Å². The maximum Gasteiger partial charge on any atom is 0.253 e. The van der Waals surface area contributed by atoms with Gasteiger partial charge in [0.2, 0.25) is 5.91 Å². The number of anilines is 2. The Morgan fingerprint density at radius 2 is 1.88 bits per heavy atom. The lowest BCUT2D eigenvalue weighted by Crippen LogP contribution is -2.32. The van der Waals surface area contributed by atoms with Crippen molar-refractivity contribution in [2.24, 2.45) is 5.73 Å². The van der Waals surface area contributed by atoms with Gasteiger partial charge in [-0.2, -0.15) is 0 Å². The number of para-hydroxylation sites is 1. The summed E-state index contributed by atoms with van der Waals surface area (Å²) in [5, 5.41) is 3.16. The quantitative estimate of drug-likeness (QED) is 0.723. The Morgan fingerprint density at radius 1 is 1.28 bits per heavy atom. The van der Waals surface area contributed by atoms with E-state index in [0.717, 1.165) is 6.07 Å². The van der Waals surface area contributed by atoms with E-state index in [4.69, 9.17) is 28.9 Å². The predicted molar refractivity (Wildman–Crippen MR) is 101 cm³/mol. The molecule has 2 aromatic rings. The molecule has 2 rings (SSSR count). The van der Waals surface area contributed by atoms with Crippen molar-refractivity contribution in [1.82, 2.24) is 0 Å². The Kier molecular flexibility index (Phi) is 6.26. The molecule has 0 heterocycles. The molecule has 0 aliphatic carbocycles. The first-order chi connectivity index (χ1) is 11.7. The number of primary amides is 1. The van der Waals surface area contributed by atoms with Crippen LogP contribution in [0.3, 0.4) is 0 Å². The fourth-order valence-corrected chi connectivity index (χ4v) is 3.11. The van der Waals surface area contributed by atoms with Gasteiger partial charge in [0.15, 0.2) is 0 Å². The number of nitrogens with one attached hydrogen (secondary N) is 1. The molecule has 0 saturated carbocycles. The summed E-state index contributed by atoms with van der Waals surface area (Å²) in [7, 11) is 1.53. The van der Waals surface area contributed by atoms with Gasteiger partial charge in [0, 0.05) is 11.5 Å². The third kappa shape index (κ3) is 4.62. The standard InChI is InChI=1S/C16H13BrCl2FN3O2/c1-23(12-6-8(17)5-11(20)14(12)16(21)25)7-13(24)22-15-9(18)3-2-4-10(15)19/h2-6H,7H2,1H3,(H2,21,25)(H,22,24). The number of nitrogens with zero attached hydrogens (tertiary/aromatic N) is 1. The van der Waals surface area contributed by atoms with Crippen molar-refractivity contribution in [2.75, 3.05) is 23.8 Å². The highest BCUT2D eigenvalue weighted by atomic mass is 79.9. The van der Waals surface area contributed by atoms with Crippen LogP contribution in [0.5, 0.6) is 0 Å². The van der Waals surface area contributed by atoms with Crippen molar-refractivity contribution >= 4 is 62.3 Å². The van der Waals surface area contributed by atoms with Gasteiger partial charge in [0.05, 0.1) is 33.5 Å². The number of halogens is 4. The maximum atomic E-state index is 14.0. The van der Waals surface area contributed by atoms with Gasteiger partial charge in [0.1, 0.15) is 5.82 Å². The van der Waals surface area contributed by atoms with Gasteiger partial charge in [-0.25, -0.2) is 4.39 Å². The number of carbonyl (C=O) groups is 2. The molecule has 0 saturated heterocycles. The molecule has 132 valence electrons. The molecule has 25 heavy (non-hydrogen) atoms. The van der Waals surface area contributed by atoms with Crippen LogP contribution in [0.15, 0.2) is 34.8 Å². The second kappa shape index (κ2) is 8.03. The number of hydrogen-bond donors (Lipinski definition) is 2. The topological polar surface area (TPSA) is 75.4 Å². The maximum absolute atomic E-state index is 14.0. The van der Waals surface area contributed by atoms with Gasteiger partial charge in [-0.3, -0.25) is 9.59 Å². The van der Waals surface area contributed by atoms with Crippen LogP contribution in [0.4, 0.5) is 15.8 Å². The van der Waals surface area contributed by atoms with E-state index >= 15 is 0 Å². The average molecular weight is 449 g/mol. The second-order valence-electron chi connectivity index (χ2n) is 5.15. The normalized spacial score (nSPS) is 10.4. The Bertz CT molecular complexity index is 828. The van der Waals surface area contributed by atoms with Gasteiger partial charge in [-0.15, -0.1) is 0 Å². The molecule has 3 N–H and O–H groups in total. The predicted octanol–water partition coefficient (Wildman–Crippen LogP) is 4.07. The first-order valence-corrected chi connectivity index (χ1v) is 8.49. The third-order valence-corrected chi connectivity index (χ3v) is 4.39. The summed E-state index contributed by atoms with van der Waals surface area (Å²) in [5.41, 5.74) is 5.40. The van der Waals surface area contributed by atoms with Crippen LogP contribution in [-0.2, 0) is 4.79 Å². The smallest absolute Gasteiger partial charge is 0.253 e. The zero-order valence-electron chi connectivity index (χ0n) is 12.9. The molecule has 0 atom stereocenters. The molecule has 0 fully saturated rings. The van der Waals surface area contributed by atoms with E-state index in [-0.39, 0.29) is 33.5 Å². The van der Waals surface area contributed by atoms with Crippen molar-refractivity contribution in [2.45, 2.75) is 0 Å². The number of amides is 2. The van der Waals surface area contributed by atoms with Crippen molar-refractivity contribution in [3.05, 3.63) is 56.2 Å². The molecule has 2 amide bonds. The monoisotopic (exact) mass is 447 g/mol. The molecule has 0 spiro atoms. The molecule has 0 aliphatic rings. The lowest BCUT2D eigenvalue weighted by molar-refractivity contribution is -0.114. The summed E-state index contributed by atoms with van der Waals surface area (Å²) in [6, 6.07) is 7.44. The fraction of sp³-hybridized carbons (Fsp3) is 0.125. The van der Waals surface area contributed by atoms with Crippen LogP contribution in [0.25, 0.3) is 0 Å². The molecule has 0 unspecified atom stereocenters. The Morgan fingerprint density at radius 3 is 2.44 bits per heavy atom.